The van der Waals surface area contributed by atoms with E-state index in [2.05, 4.69) is 30.3 Å². The zero-order chi connectivity index (χ0) is 21.9. The molecule has 2 aromatic carbocycles. The second kappa shape index (κ2) is 7.40. The smallest absolute Gasteiger partial charge is 0.252 e. The highest BCUT2D eigenvalue weighted by Gasteiger charge is 2.40. The van der Waals surface area contributed by atoms with Gasteiger partial charge in [0.1, 0.15) is 4.21 Å². The highest BCUT2D eigenvalue weighted by Crippen LogP contribution is 2.41. The average molecular weight is 463 g/mol. The molecule has 4 heterocycles. The van der Waals surface area contributed by atoms with Crippen LogP contribution in [0.5, 0.6) is 0 Å². The fourth-order valence-corrected chi connectivity index (χ4v) is 8.01. The predicted molar refractivity (Wildman–Crippen MR) is 128 cm³/mol. The summed E-state index contributed by atoms with van der Waals surface area (Å²) >= 11 is 1.26. The van der Waals surface area contributed by atoms with Crippen molar-refractivity contribution in [3.8, 4) is 11.1 Å². The van der Waals surface area contributed by atoms with Gasteiger partial charge in [-0.1, -0.05) is 42.5 Å². The van der Waals surface area contributed by atoms with Crippen LogP contribution in [0.15, 0.2) is 81.1 Å². The highest BCUT2D eigenvalue weighted by atomic mass is 32.2. The van der Waals surface area contributed by atoms with E-state index in [1.807, 2.05) is 22.8 Å². The first-order chi connectivity index (χ1) is 15.5. The van der Waals surface area contributed by atoms with Crippen molar-refractivity contribution in [2.45, 2.75) is 23.1 Å². The summed E-state index contributed by atoms with van der Waals surface area (Å²) in [4.78, 5) is 12.8. The molecule has 7 heteroatoms. The second-order valence-corrected chi connectivity index (χ2v) is 11.8. The Bertz CT molecular complexity index is 1490. The summed E-state index contributed by atoms with van der Waals surface area (Å²) in [5.74, 6) is 0.133. The molecule has 0 unspecified atom stereocenters. The Labute approximate surface area is 190 Å². The third kappa shape index (κ3) is 3.15. The van der Waals surface area contributed by atoms with Gasteiger partial charge in [0.05, 0.1) is 0 Å². The van der Waals surface area contributed by atoms with Gasteiger partial charge < -0.3 is 4.57 Å². The number of aromatic nitrogens is 1. The summed E-state index contributed by atoms with van der Waals surface area (Å²) in [6.45, 7) is 1.42. The molecule has 162 valence electrons. The molecule has 0 saturated carbocycles. The summed E-state index contributed by atoms with van der Waals surface area (Å²) in [5.41, 5.74) is 3.04. The standard InChI is InChI=1S/C25H22N2O3S2/c28-23-10-9-22(20-8-7-18-4-1-2-5-19(18)13-20)25-21-12-17(15-27(23)25)14-26(16-21)32(29,30)24-6-3-11-31-24/h1-11,13,17,21H,12,14-16H2/t17-,21+/m0/s1. The minimum Gasteiger partial charge on any atom is -0.311 e. The highest BCUT2D eigenvalue weighted by molar-refractivity contribution is 7.91. The van der Waals surface area contributed by atoms with Crippen molar-refractivity contribution in [1.82, 2.24) is 8.87 Å². The van der Waals surface area contributed by atoms with E-state index in [0.717, 1.165) is 28.6 Å². The van der Waals surface area contributed by atoms with Gasteiger partial charge in [-0.05, 0) is 52.3 Å². The van der Waals surface area contributed by atoms with Gasteiger partial charge in [0.2, 0.25) is 0 Å². The Morgan fingerprint density at radius 2 is 1.72 bits per heavy atom. The first-order valence-electron chi connectivity index (χ1n) is 10.8. The quantitative estimate of drug-likeness (QED) is 0.449. The normalized spacial score (nSPS) is 20.9. The molecular formula is C25H22N2O3S2. The zero-order valence-electron chi connectivity index (χ0n) is 17.3. The van der Waals surface area contributed by atoms with E-state index in [0.29, 0.717) is 23.8 Å². The van der Waals surface area contributed by atoms with Crippen molar-refractivity contribution in [3.05, 3.63) is 88.2 Å². The lowest BCUT2D eigenvalue weighted by Gasteiger charge is -2.42. The Morgan fingerprint density at radius 3 is 2.53 bits per heavy atom. The van der Waals surface area contributed by atoms with Crippen molar-refractivity contribution >= 4 is 32.1 Å². The molecule has 0 spiro atoms. The molecular weight excluding hydrogens is 440 g/mol. The van der Waals surface area contributed by atoms with Crippen LogP contribution in [0.4, 0.5) is 0 Å². The molecule has 1 fully saturated rings. The average Bonchev–Trinajstić information content (AvgIpc) is 3.35. The fraction of sp³-hybridized carbons (Fsp3) is 0.240. The number of hydrogen-bond acceptors (Lipinski definition) is 4. The molecule has 6 rings (SSSR count). The minimum absolute atomic E-state index is 0.00574. The Hall–Kier alpha value is -2.74. The maximum Gasteiger partial charge on any atom is 0.252 e. The fourth-order valence-electron chi connectivity index (χ4n) is 5.31. The number of benzene rings is 2. The van der Waals surface area contributed by atoms with E-state index in [1.54, 1.807) is 27.9 Å². The van der Waals surface area contributed by atoms with Crippen LogP contribution in [0.1, 0.15) is 18.0 Å². The monoisotopic (exact) mass is 462 g/mol. The van der Waals surface area contributed by atoms with E-state index in [9.17, 15) is 13.2 Å². The van der Waals surface area contributed by atoms with Crippen molar-refractivity contribution in [1.29, 1.82) is 0 Å². The number of fused-ring (bicyclic) bond motifs is 5. The molecule has 2 aliphatic heterocycles. The molecule has 0 amide bonds. The molecule has 1 saturated heterocycles. The molecule has 2 aromatic heterocycles. The van der Waals surface area contributed by atoms with Gasteiger partial charge in [-0.15, -0.1) is 11.3 Å². The molecule has 5 nitrogen and oxygen atoms in total. The third-order valence-electron chi connectivity index (χ3n) is 6.71. The summed E-state index contributed by atoms with van der Waals surface area (Å²) < 4.78 is 30.4. The SMILES string of the molecule is O=c1ccc(-c2ccc3ccccc3c2)c2n1C[C@H]1C[C@@H]2CN(S(=O)(=O)c2cccs2)C1. The van der Waals surface area contributed by atoms with Gasteiger partial charge >= 0.3 is 0 Å². The molecule has 2 atom stereocenters. The van der Waals surface area contributed by atoms with Crippen LogP contribution in [-0.2, 0) is 16.6 Å². The number of hydrogen-bond donors (Lipinski definition) is 0. The summed E-state index contributed by atoms with van der Waals surface area (Å²) in [6, 6.07) is 21.6. The maximum absolute atomic E-state index is 13.2. The first-order valence-corrected chi connectivity index (χ1v) is 13.1. The Kier molecular flexibility index (Phi) is 4.61. The van der Waals surface area contributed by atoms with E-state index >= 15 is 0 Å². The van der Waals surface area contributed by atoms with Crippen LogP contribution in [0.25, 0.3) is 21.9 Å². The number of pyridine rings is 1. The van der Waals surface area contributed by atoms with Gasteiger partial charge in [-0.2, -0.15) is 4.31 Å². The van der Waals surface area contributed by atoms with Crippen LogP contribution in [0.2, 0.25) is 0 Å². The van der Waals surface area contributed by atoms with Crippen molar-refractivity contribution < 1.29 is 8.42 Å². The van der Waals surface area contributed by atoms with Crippen LogP contribution < -0.4 is 5.56 Å². The molecule has 0 N–H and O–H groups in total. The van der Waals surface area contributed by atoms with Crippen molar-refractivity contribution in [2.75, 3.05) is 13.1 Å². The van der Waals surface area contributed by atoms with Crippen molar-refractivity contribution in [2.24, 2.45) is 5.92 Å². The summed E-state index contributed by atoms with van der Waals surface area (Å²) in [7, 11) is -3.52. The molecule has 4 aromatic rings. The second-order valence-electron chi connectivity index (χ2n) is 8.70. The van der Waals surface area contributed by atoms with Crippen LogP contribution in [-0.4, -0.2) is 30.4 Å². The Morgan fingerprint density at radius 1 is 0.875 bits per heavy atom. The lowest BCUT2D eigenvalue weighted by Crippen LogP contribution is -2.49. The van der Waals surface area contributed by atoms with E-state index in [4.69, 9.17) is 0 Å². The molecule has 32 heavy (non-hydrogen) atoms. The van der Waals surface area contributed by atoms with Crippen LogP contribution >= 0.6 is 11.3 Å². The van der Waals surface area contributed by atoms with Gasteiger partial charge in [0, 0.05) is 42.9 Å². The summed E-state index contributed by atoms with van der Waals surface area (Å²) in [5, 5.41) is 4.11. The van der Waals surface area contributed by atoms with Crippen LogP contribution in [0, 0.1) is 5.92 Å². The number of nitrogens with zero attached hydrogens (tertiary/aromatic N) is 2. The maximum atomic E-state index is 13.2. The Balaban J connectivity index is 1.46. The van der Waals surface area contributed by atoms with E-state index in [-0.39, 0.29) is 17.4 Å². The number of rotatable bonds is 3. The number of sulfonamides is 1. The lowest BCUT2D eigenvalue weighted by molar-refractivity contribution is 0.187. The van der Waals surface area contributed by atoms with E-state index in [1.165, 1.54) is 16.7 Å². The lowest BCUT2D eigenvalue weighted by atomic mass is 9.81. The summed E-state index contributed by atoms with van der Waals surface area (Å²) in [6.07, 6.45) is 0.903. The predicted octanol–water partition coefficient (Wildman–Crippen LogP) is 4.54. The third-order valence-corrected chi connectivity index (χ3v) is 9.91. The largest absolute Gasteiger partial charge is 0.311 e. The number of piperidine rings is 1. The molecule has 0 aliphatic carbocycles. The zero-order valence-corrected chi connectivity index (χ0v) is 19.0. The van der Waals surface area contributed by atoms with Gasteiger partial charge in [-0.25, -0.2) is 8.42 Å². The topological polar surface area (TPSA) is 59.4 Å². The minimum atomic E-state index is -3.52. The van der Waals surface area contributed by atoms with Gasteiger partial charge in [-0.3, -0.25) is 4.79 Å². The van der Waals surface area contributed by atoms with Gasteiger partial charge in [0.15, 0.2) is 0 Å². The molecule has 2 bridgehead atoms. The van der Waals surface area contributed by atoms with Crippen LogP contribution in [0.3, 0.4) is 0 Å². The molecule has 0 radical (unpaired) electrons. The van der Waals surface area contributed by atoms with Gasteiger partial charge in [0.25, 0.3) is 15.6 Å². The van der Waals surface area contributed by atoms with E-state index < -0.39 is 10.0 Å². The first kappa shape index (κ1) is 19.9. The number of thiophene rings is 1. The molecule has 2 aliphatic rings. The van der Waals surface area contributed by atoms with Crippen molar-refractivity contribution in [3.63, 3.8) is 0 Å².